The summed E-state index contributed by atoms with van der Waals surface area (Å²) in [6, 6.07) is 28.5. The van der Waals surface area contributed by atoms with Gasteiger partial charge in [0, 0.05) is 29.7 Å². The molecule has 0 aromatic heterocycles. The van der Waals surface area contributed by atoms with Gasteiger partial charge in [0.15, 0.2) is 6.61 Å². The second kappa shape index (κ2) is 11.2. The van der Waals surface area contributed by atoms with Gasteiger partial charge in [-0.25, -0.2) is 0 Å². The molecule has 40 heavy (non-hydrogen) atoms. The maximum Gasteiger partial charge on any atom is 0.311 e. The molecular formula is C33H32N2O5. The third-order valence-corrected chi connectivity index (χ3v) is 6.97. The normalized spacial score (nSPS) is 15.2. The van der Waals surface area contributed by atoms with Crippen LogP contribution in [0, 0.1) is 5.92 Å². The van der Waals surface area contributed by atoms with E-state index in [2.05, 4.69) is 38.2 Å². The first-order valence-electron chi connectivity index (χ1n) is 13.3. The summed E-state index contributed by atoms with van der Waals surface area (Å²) in [5, 5.41) is 4.70. The van der Waals surface area contributed by atoms with E-state index in [1.807, 2.05) is 48.5 Å². The lowest BCUT2D eigenvalue weighted by Gasteiger charge is -2.19. The molecule has 4 aromatic rings. The van der Waals surface area contributed by atoms with Gasteiger partial charge < -0.3 is 19.7 Å². The van der Waals surface area contributed by atoms with E-state index in [1.54, 1.807) is 35.2 Å². The lowest BCUT2D eigenvalue weighted by molar-refractivity contribution is -0.151. The van der Waals surface area contributed by atoms with Crippen molar-refractivity contribution in [2.45, 2.75) is 32.6 Å². The van der Waals surface area contributed by atoms with Crippen LogP contribution in [0.2, 0.25) is 0 Å². The average Bonchev–Trinajstić information content (AvgIpc) is 3.34. The van der Waals surface area contributed by atoms with E-state index in [0.29, 0.717) is 17.1 Å². The van der Waals surface area contributed by atoms with E-state index in [1.165, 1.54) is 5.56 Å². The summed E-state index contributed by atoms with van der Waals surface area (Å²) in [6.07, 6.45) is 0.0299. The van der Waals surface area contributed by atoms with Gasteiger partial charge >= 0.3 is 5.97 Å². The fourth-order valence-corrected chi connectivity index (χ4v) is 4.74. The van der Waals surface area contributed by atoms with Crippen LogP contribution >= 0.6 is 0 Å². The number of carbonyl (C=O) groups excluding carboxylic acids is 3. The van der Waals surface area contributed by atoms with Crippen molar-refractivity contribution in [1.29, 1.82) is 0 Å². The van der Waals surface area contributed by atoms with E-state index in [0.717, 1.165) is 16.5 Å². The number of fused-ring (bicyclic) bond motifs is 1. The minimum atomic E-state index is -0.643. The van der Waals surface area contributed by atoms with Gasteiger partial charge in [0.25, 0.3) is 5.91 Å². The van der Waals surface area contributed by atoms with Crippen LogP contribution in [0.15, 0.2) is 91.0 Å². The number of hydrogen-bond donors (Lipinski definition) is 1. The largest absolute Gasteiger partial charge is 0.457 e. The third-order valence-electron chi connectivity index (χ3n) is 6.97. The van der Waals surface area contributed by atoms with Gasteiger partial charge in [-0.3, -0.25) is 14.4 Å². The van der Waals surface area contributed by atoms with E-state index in [4.69, 9.17) is 9.47 Å². The predicted molar refractivity (Wildman–Crippen MR) is 156 cm³/mol. The summed E-state index contributed by atoms with van der Waals surface area (Å²) in [7, 11) is 0. The maximum absolute atomic E-state index is 12.7. The summed E-state index contributed by atoms with van der Waals surface area (Å²) in [6.45, 7) is 6.26. The molecule has 1 aliphatic rings. The minimum absolute atomic E-state index is 0.0299. The van der Waals surface area contributed by atoms with Gasteiger partial charge in [-0.05, 0) is 58.8 Å². The Balaban J connectivity index is 1.14. The number of hydrogen-bond acceptors (Lipinski definition) is 5. The Morgan fingerprint density at radius 3 is 2.23 bits per heavy atom. The first kappa shape index (κ1) is 26.9. The summed E-state index contributed by atoms with van der Waals surface area (Å²) in [5.74, 6) is -0.446. The van der Waals surface area contributed by atoms with Crippen molar-refractivity contribution in [3.05, 3.63) is 96.6 Å². The molecule has 0 aliphatic carbocycles. The van der Waals surface area contributed by atoms with Gasteiger partial charge in [-0.15, -0.1) is 0 Å². The molecular weight excluding hydrogens is 504 g/mol. The van der Waals surface area contributed by atoms with Crippen LogP contribution in [0.25, 0.3) is 10.8 Å². The van der Waals surface area contributed by atoms with Crippen molar-refractivity contribution in [1.82, 2.24) is 0 Å². The summed E-state index contributed by atoms with van der Waals surface area (Å²) in [5.41, 5.74) is 2.61. The summed E-state index contributed by atoms with van der Waals surface area (Å²) >= 11 is 0. The molecule has 2 amide bonds. The highest BCUT2D eigenvalue weighted by Gasteiger charge is 2.36. The van der Waals surface area contributed by atoms with Gasteiger partial charge in [0.05, 0.1) is 5.92 Å². The molecule has 1 N–H and O–H groups in total. The number of benzene rings is 4. The molecule has 1 fully saturated rings. The molecule has 7 heteroatoms. The minimum Gasteiger partial charge on any atom is -0.457 e. The first-order chi connectivity index (χ1) is 19.2. The van der Waals surface area contributed by atoms with Gasteiger partial charge in [0.2, 0.25) is 5.91 Å². The van der Waals surface area contributed by atoms with Crippen LogP contribution in [-0.2, 0) is 24.5 Å². The predicted octanol–water partition coefficient (Wildman–Crippen LogP) is 6.46. The molecule has 1 aliphatic heterocycles. The fourth-order valence-electron chi connectivity index (χ4n) is 4.74. The maximum atomic E-state index is 12.7. The highest BCUT2D eigenvalue weighted by atomic mass is 16.5. The van der Waals surface area contributed by atoms with E-state index >= 15 is 0 Å². The van der Waals surface area contributed by atoms with E-state index < -0.39 is 24.4 Å². The average molecular weight is 537 g/mol. The highest BCUT2D eigenvalue weighted by molar-refractivity contribution is 6.03. The van der Waals surface area contributed by atoms with Crippen LogP contribution in [0.3, 0.4) is 0 Å². The number of carbonyl (C=O) groups is 3. The van der Waals surface area contributed by atoms with Crippen LogP contribution < -0.4 is 15.0 Å². The van der Waals surface area contributed by atoms with E-state index in [9.17, 15) is 14.4 Å². The topological polar surface area (TPSA) is 84.9 Å². The number of anilines is 2. The molecule has 5 rings (SSSR count). The van der Waals surface area contributed by atoms with Crippen LogP contribution in [-0.4, -0.2) is 30.9 Å². The number of esters is 1. The van der Waals surface area contributed by atoms with Gasteiger partial charge in [0.1, 0.15) is 11.5 Å². The second-order valence-corrected chi connectivity index (χ2v) is 11.0. The molecule has 1 heterocycles. The first-order valence-corrected chi connectivity index (χ1v) is 13.3. The van der Waals surface area contributed by atoms with Gasteiger partial charge in [-0.2, -0.15) is 0 Å². The quantitative estimate of drug-likeness (QED) is 0.274. The molecule has 204 valence electrons. The third kappa shape index (κ3) is 6.15. The molecule has 0 radical (unpaired) electrons. The zero-order valence-electron chi connectivity index (χ0n) is 22.8. The van der Waals surface area contributed by atoms with Crippen LogP contribution in [0.5, 0.6) is 11.5 Å². The molecule has 0 saturated carbocycles. The smallest absolute Gasteiger partial charge is 0.311 e. The Bertz CT molecular complexity index is 1530. The van der Waals surface area contributed by atoms with Crippen molar-refractivity contribution >= 4 is 39.9 Å². The molecule has 0 bridgehead atoms. The van der Waals surface area contributed by atoms with Crippen molar-refractivity contribution in [2.24, 2.45) is 5.92 Å². The monoisotopic (exact) mass is 536 g/mol. The molecule has 4 aromatic carbocycles. The molecule has 1 saturated heterocycles. The number of nitrogens with zero attached hydrogens (tertiary/aromatic N) is 1. The lowest BCUT2D eigenvalue weighted by Crippen LogP contribution is -2.28. The number of rotatable bonds is 7. The Kier molecular flexibility index (Phi) is 7.56. The van der Waals surface area contributed by atoms with E-state index in [-0.39, 0.29) is 24.3 Å². The lowest BCUT2D eigenvalue weighted by atomic mass is 9.87. The van der Waals surface area contributed by atoms with Crippen molar-refractivity contribution in [3.63, 3.8) is 0 Å². The summed E-state index contributed by atoms with van der Waals surface area (Å²) in [4.78, 5) is 39.4. The second-order valence-electron chi connectivity index (χ2n) is 11.0. The fraction of sp³-hybridized carbons (Fsp3) is 0.242. The zero-order valence-corrected chi connectivity index (χ0v) is 22.8. The van der Waals surface area contributed by atoms with Crippen molar-refractivity contribution in [3.8, 4) is 11.5 Å². The Morgan fingerprint density at radius 1 is 0.875 bits per heavy atom. The Labute approximate surface area is 233 Å². The van der Waals surface area contributed by atoms with Crippen LogP contribution in [0.4, 0.5) is 11.4 Å². The Morgan fingerprint density at radius 2 is 1.52 bits per heavy atom. The standard InChI is InChI=1S/C33H32N2O5/c1-33(2,3)24-11-15-26(16-12-24)40-27-17-13-25(14-18-27)35-20-23(19-31(35)37)32(38)39-21-30(36)34-29-10-6-8-22-7-4-5-9-28(22)29/h4-18,23H,19-21H2,1-3H3,(H,34,36)/t23-/m1/s1. The zero-order chi connectivity index (χ0) is 28.3. The Hall–Kier alpha value is -4.65. The number of ether oxygens (including phenoxy) is 2. The molecule has 0 unspecified atom stereocenters. The molecule has 1 atom stereocenters. The highest BCUT2D eigenvalue weighted by Crippen LogP contribution is 2.30. The molecule has 7 nitrogen and oxygen atoms in total. The summed E-state index contributed by atoms with van der Waals surface area (Å²) < 4.78 is 11.2. The number of amides is 2. The molecule has 0 spiro atoms. The SMILES string of the molecule is CC(C)(C)c1ccc(Oc2ccc(N3C[C@H](C(=O)OCC(=O)Nc4cccc5ccccc45)CC3=O)cc2)cc1. The van der Waals surface area contributed by atoms with Crippen molar-refractivity contribution < 1.29 is 23.9 Å². The van der Waals surface area contributed by atoms with Gasteiger partial charge in [-0.1, -0.05) is 69.3 Å². The van der Waals surface area contributed by atoms with Crippen molar-refractivity contribution in [2.75, 3.05) is 23.4 Å². The number of nitrogens with one attached hydrogen (secondary N) is 1. The van der Waals surface area contributed by atoms with Crippen LogP contribution in [0.1, 0.15) is 32.8 Å².